The average molecular weight is 287 g/mol. The number of nitrogens with zero attached hydrogens (tertiary/aromatic N) is 4. The molecule has 4 nitrogen and oxygen atoms in total. The van der Waals surface area contributed by atoms with Crippen molar-refractivity contribution in [3.63, 3.8) is 0 Å². The van der Waals surface area contributed by atoms with Crippen LogP contribution in [-0.2, 0) is 13.0 Å². The number of rotatable bonds is 4. The Bertz CT molecular complexity index is 721. The summed E-state index contributed by atoms with van der Waals surface area (Å²) in [6, 6.07) is 8.01. The van der Waals surface area contributed by atoms with Crippen molar-refractivity contribution in [3.05, 3.63) is 53.7 Å². The molecule has 3 rings (SSSR count). The van der Waals surface area contributed by atoms with Gasteiger partial charge in [0.1, 0.15) is 11.3 Å². The van der Waals surface area contributed by atoms with E-state index in [9.17, 15) is 0 Å². The molecule has 0 saturated heterocycles. The van der Waals surface area contributed by atoms with Gasteiger partial charge in [-0.3, -0.25) is 4.98 Å². The van der Waals surface area contributed by atoms with E-state index in [1.54, 1.807) is 12.4 Å². The SMILES string of the molecule is Cc1ccc2nc(CCCl)n(Cc3ccncc3)c2n1. The van der Waals surface area contributed by atoms with Gasteiger partial charge in [-0.1, -0.05) is 0 Å². The molecule has 0 aliphatic rings. The molecule has 3 aromatic rings. The van der Waals surface area contributed by atoms with Crippen LogP contribution in [0.4, 0.5) is 0 Å². The summed E-state index contributed by atoms with van der Waals surface area (Å²) in [5.41, 5.74) is 4.01. The summed E-state index contributed by atoms with van der Waals surface area (Å²) in [7, 11) is 0. The first-order valence-electron chi connectivity index (χ1n) is 6.55. The molecular weight excluding hydrogens is 272 g/mol. The quantitative estimate of drug-likeness (QED) is 0.693. The van der Waals surface area contributed by atoms with Crippen molar-refractivity contribution < 1.29 is 0 Å². The summed E-state index contributed by atoms with van der Waals surface area (Å²) in [5.74, 6) is 1.53. The Morgan fingerprint density at radius 3 is 2.65 bits per heavy atom. The second-order valence-electron chi connectivity index (χ2n) is 4.70. The second kappa shape index (κ2) is 5.59. The Balaban J connectivity index is 2.10. The molecule has 0 amide bonds. The Labute approximate surface area is 122 Å². The summed E-state index contributed by atoms with van der Waals surface area (Å²) in [4.78, 5) is 13.3. The molecule has 0 radical (unpaired) electrons. The molecule has 0 N–H and O–H groups in total. The van der Waals surface area contributed by atoms with Crippen molar-refractivity contribution in [1.29, 1.82) is 0 Å². The Hall–Kier alpha value is -1.94. The number of hydrogen-bond acceptors (Lipinski definition) is 3. The van der Waals surface area contributed by atoms with Crippen LogP contribution in [0.25, 0.3) is 11.2 Å². The van der Waals surface area contributed by atoms with Crippen molar-refractivity contribution in [1.82, 2.24) is 19.5 Å². The summed E-state index contributed by atoms with van der Waals surface area (Å²) in [6.45, 7) is 2.73. The first kappa shape index (κ1) is 13.1. The monoisotopic (exact) mass is 286 g/mol. The van der Waals surface area contributed by atoms with E-state index in [0.29, 0.717) is 5.88 Å². The Kier molecular flexibility index (Phi) is 3.65. The van der Waals surface area contributed by atoms with Crippen LogP contribution in [-0.4, -0.2) is 25.4 Å². The minimum absolute atomic E-state index is 0.554. The highest BCUT2D eigenvalue weighted by atomic mass is 35.5. The first-order chi connectivity index (χ1) is 9.78. The molecule has 0 aromatic carbocycles. The van der Waals surface area contributed by atoms with E-state index in [0.717, 1.165) is 35.6 Å². The van der Waals surface area contributed by atoms with E-state index >= 15 is 0 Å². The average Bonchev–Trinajstić information content (AvgIpc) is 2.78. The third-order valence-corrected chi connectivity index (χ3v) is 3.41. The molecule has 0 fully saturated rings. The molecule has 0 bridgehead atoms. The van der Waals surface area contributed by atoms with E-state index in [1.165, 1.54) is 5.56 Å². The topological polar surface area (TPSA) is 43.6 Å². The van der Waals surface area contributed by atoms with Gasteiger partial charge >= 0.3 is 0 Å². The van der Waals surface area contributed by atoms with E-state index in [2.05, 4.69) is 19.5 Å². The van der Waals surface area contributed by atoms with Crippen molar-refractivity contribution >= 4 is 22.8 Å². The highest BCUT2D eigenvalue weighted by molar-refractivity contribution is 6.17. The zero-order chi connectivity index (χ0) is 13.9. The number of imidazole rings is 1. The van der Waals surface area contributed by atoms with Gasteiger partial charge in [-0.05, 0) is 36.8 Å². The number of hydrogen-bond donors (Lipinski definition) is 0. The predicted molar refractivity (Wildman–Crippen MR) is 80.0 cm³/mol. The van der Waals surface area contributed by atoms with Crippen molar-refractivity contribution in [2.24, 2.45) is 0 Å². The lowest BCUT2D eigenvalue weighted by atomic mass is 10.2. The minimum atomic E-state index is 0.554. The summed E-state index contributed by atoms with van der Waals surface area (Å²) >= 11 is 5.89. The van der Waals surface area contributed by atoms with Gasteiger partial charge in [0.2, 0.25) is 0 Å². The van der Waals surface area contributed by atoms with E-state index < -0.39 is 0 Å². The third kappa shape index (κ3) is 2.51. The maximum atomic E-state index is 5.89. The molecule has 3 aromatic heterocycles. The zero-order valence-electron chi connectivity index (χ0n) is 11.3. The maximum absolute atomic E-state index is 5.89. The van der Waals surface area contributed by atoms with E-state index in [1.807, 2.05) is 31.2 Å². The fourth-order valence-electron chi connectivity index (χ4n) is 2.26. The molecular formula is C15H15ClN4. The lowest BCUT2D eigenvalue weighted by molar-refractivity contribution is 0.746. The standard InChI is InChI=1S/C15H15ClN4/c1-11-2-3-13-15(18-11)20(14(19-13)4-7-16)10-12-5-8-17-9-6-12/h2-3,5-6,8-9H,4,7,10H2,1H3. The fourth-order valence-corrected chi connectivity index (χ4v) is 2.42. The molecule has 0 aliphatic carbocycles. The highest BCUT2D eigenvalue weighted by Crippen LogP contribution is 2.17. The number of alkyl halides is 1. The summed E-state index contributed by atoms with van der Waals surface area (Å²) in [5, 5.41) is 0. The van der Waals surface area contributed by atoms with Gasteiger partial charge in [-0.15, -0.1) is 11.6 Å². The number of fused-ring (bicyclic) bond motifs is 1. The predicted octanol–water partition coefficient (Wildman–Crippen LogP) is 2.96. The molecule has 102 valence electrons. The third-order valence-electron chi connectivity index (χ3n) is 3.22. The number of pyridine rings is 2. The van der Waals surface area contributed by atoms with Crippen LogP contribution in [0.15, 0.2) is 36.7 Å². The maximum Gasteiger partial charge on any atom is 0.160 e. The van der Waals surface area contributed by atoms with Crippen LogP contribution in [0, 0.1) is 6.92 Å². The van der Waals surface area contributed by atoms with Gasteiger partial charge in [0.05, 0.1) is 6.54 Å². The number of aryl methyl sites for hydroxylation is 2. The molecule has 20 heavy (non-hydrogen) atoms. The minimum Gasteiger partial charge on any atom is -0.308 e. The van der Waals surface area contributed by atoms with Crippen molar-refractivity contribution in [2.75, 3.05) is 5.88 Å². The lowest BCUT2D eigenvalue weighted by Gasteiger charge is -2.08. The molecule has 0 unspecified atom stereocenters. The largest absolute Gasteiger partial charge is 0.308 e. The number of halogens is 1. The van der Waals surface area contributed by atoms with Gasteiger partial charge in [-0.2, -0.15) is 0 Å². The Morgan fingerprint density at radius 2 is 1.90 bits per heavy atom. The molecule has 0 spiro atoms. The van der Waals surface area contributed by atoms with Gasteiger partial charge in [-0.25, -0.2) is 9.97 Å². The lowest BCUT2D eigenvalue weighted by Crippen LogP contribution is -2.07. The zero-order valence-corrected chi connectivity index (χ0v) is 12.0. The number of aromatic nitrogens is 4. The van der Waals surface area contributed by atoms with Crippen LogP contribution in [0.1, 0.15) is 17.1 Å². The van der Waals surface area contributed by atoms with E-state index in [-0.39, 0.29) is 0 Å². The molecule has 0 aliphatic heterocycles. The molecule has 5 heteroatoms. The molecule has 0 saturated carbocycles. The van der Waals surface area contributed by atoms with Gasteiger partial charge in [0.15, 0.2) is 5.65 Å². The first-order valence-corrected chi connectivity index (χ1v) is 7.09. The second-order valence-corrected chi connectivity index (χ2v) is 5.08. The van der Waals surface area contributed by atoms with Gasteiger partial charge in [0.25, 0.3) is 0 Å². The fraction of sp³-hybridized carbons (Fsp3) is 0.267. The van der Waals surface area contributed by atoms with Crippen molar-refractivity contribution in [3.8, 4) is 0 Å². The van der Waals surface area contributed by atoms with Crippen LogP contribution >= 0.6 is 11.6 Å². The van der Waals surface area contributed by atoms with Crippen LogP contribution in [0.3, 0.4) is 0 Å². The normalized spacial score (nSPS) is 11.1. The smallest absolute Gasteiger partial charge is 0.160 e. The van der Waals surface area contributed by atoms with Crippen LogP contribution in [0.2, 0.25) is 0 Å². The van der Waals surface area contributed by atoms with E-state index in [4.69, 9.17) is 11.6 Å². The van der Waals surface area contributed by atoms with Gasteiger partial charge < -0.3 is 4.57 Å². The van der Waals surface area contributed by atoms with Crippen LogP contribution < -0.4 is 0 Å². The molecule has 3 heterocycles. The van der Waals surface area contributed by atoms with Crippen LogP contribution in [0.5, 0.6) is 0 Å². The highest BCUT2D eigenvalue weighted by Gasteiger charge is 2.12. The van der Waals surface area contributed by atoms with Crippen molar-refractivity contribution in [2.45, 2.75) is 19.9 Å². The van der Waals surface area contributed by atoms with Gasteiger partial charge in [0, 0.05) is 30.4 Å². The Morgan fingerprint density at radius 1 is 1.10 bits per heavy atom. The summed E-state index contributed by atoms with van der Waals surface area (Å²) in [6.07, 6.45) is 4.34. The molecule has 0 atom stereocenters. The summed E-state index contributed by atoms with van der Waals surface area (Å²) < 4.78 is 2.14.